The maximum Gasteiger partial charge on any atom is 0.0541 e. The summed E-state index contributed by atoms with van der Waals surface area (Å²) in [5.74, 6) is 0.594. The summed E-state index contributed by atoms with van der Waals surface area (Å²) in [6.07, 6.45) is 2.33. The number of fused-ring (bicyclic) bond motifs is 6. The Morgan fingerprint density at radius 3 is 1.35 bits per heavy atom. The molecule has 8 rings (SSSR count). The lowest BCUT2D eigenvalue weighted by Crippen LogP contribution is -1.97. The molecule has 0 aliphatic rings. The molecule has 2 nitrogen and oxygen atoms in total. The molecule has 6 aromatic carbocycles. The zero-order chi connectivity index (χ0) is 28.9. The van der Waals surface area contributed by atoms with E-state index in [0.717, 1.165) is 12.8 Å². The summed E-state index contributed by atoms with van der Waals surface area (Å²) in [5, 5.41) is 5.20. The molecule has 0 amide bonds. The molecule has 0 radical (unpaired) electrons. The van der Waals surface area contributed by atoms with E-state index in [9.17, 15) is 0 Å². The largest absolute Gasteiger partial charge is 0.309 e. The lowest BCUT2D eigenvalue weighted by Gasteiger charge is -2.14. The minimum Gasteiger partial charge on any atom is -0.309 e. The van der Waals surface area contributed by atoms with E-state index in [0.29, 0.717) is 5.92 Å². The first-order valence-electron chi connectivity index (χ1n) is 15.5. The van der Waals surface area contributed by atoms with Gasteiger partial charge in [0.25, 0.3) is 0 Å². The second kappa shape index (κ2) is 10.3. The van der Waals surface area contributed by atoms with Gasteiger partial charge in [-0.15, -0.1) is 0 Å². The summed E-state index contributed by atoms with van der Waals surface area (Å²) in [7, 11) is 0. The molecular formula is C41H34N2. The number of aromatic nitrogens is 2. The van der Waals surface area contributed by atoms with E-state index in [2.05, 4.69) is 163 Å². The fraction of sp³-hybridized carbons (Fsp3) is 0.122. The molecule has 0 unspecified atom stereocenters. The monoisotopic (exact) mass is 554 g/mol. The van der Waals surface area contributed by atoms with Crippen molar-refractivity contribution >= 4 is 43.6 Å². The van der Waals surface area contributed by atoms with Crippen molar-refractivity contribution in [2.75, 3.05) is 0 Å². The van der Waals surface area contributed by atoms with E-state index in [-0.39, 0.29) is 0 Å². The minimum atomic E-state index is 0.594. The van der Waals surface area contributed by atoms with Crippen molar-refractivity contribution in [2.24, 2.45) is 0 Å². The van der Waals surface area contributed by atoms with Gasteiger partial charge in [-0.3, -0.25) is 0 Å². The minimum absolute atomic E-state index is 0.594. The fourth-order valence-corrected chi connectivity index (χ4v) is 7.13. The predicted molar refractivity (Wildman–Crippen MR) is 184 cm³/mol. The van der Waals surface area contributed by atoms with Gasteiger partial charge in [-0.1, -0.05) is 98.8 Å². The Balaban J connectivity index is 1.28. The average Bonchev–Trinajstić information content (AvgIpc) is 3.58. The second-order valence-corrected chi connectivity index (χ2v) is 11.6. The van der Waals surface area contributed by atoms with Crippen LogP contribution < -0.4 is 0 Å². The van der Waals surface area contributed by atoms with E-state index in [4.69, 9.17) is 0 Å². The van der Waals surface area contributed by atoms with Crippen molar-refractivity contribution in [1.82, 2.24) is 9.13 Å². The number of hydrogen-bond acceptors (Lipinski definition) is 0. The van der Waals surface area contributed by atoms with Crippen molar-refractivity contribution in [3.63, 3.8) is 0 Å². The number of benzene rings is 6. The van der Waals surface area contributed by atoms with Crippen molar-refractivity contribution in [3.8, 4) is 22.5 Å². The molecular weight excluding hydrogens is 520 g/mol. The van der Waals surface area contributed by atoms with E-state index in [1.54, 1.807) is 0 Å². The van der Waals surface area contributed by atoms with Crippen LogP contribution in [0.15, 0.2) is 140 Å². The highest BCUT2D eigenvalue weighted by atomic mass is 15.0. The van der Waals surface area contributed by atoms with Crippen molar-refractivity contribution in [3.05, 3.63) is 145 Å². The molecule has 0 aliphatic heterocycles. The van der Waals surface area contributed by atoms with Crippen LogP contribution in [0, 0.1) is 0 Å². The van der Waals surface area contributed by atoms with Crippen LogP contribution in [0.1, 0.15) is 38.2 Å². The Bertz CT molecular complexity index is 2220. The standard InChI is InChI=1S/C41H34N2/c1-3-28(4-2)31-23-24-41-37(27-31)36-19-7-10-22-40(36)43(41)33-16-12-14-30(26-33)29-13-11-15-32(25-29)42-38-20-8-5-17-34(38)35-18-6-9-21-39(35)42/h5-28H,3-4H2,1-2H3. The average molecular weight is 555 g/mol. The molecule has 43 heavy (non-hydrogen) atoms. The lowest BCUT2D eigenvalue weighted by atomic mass is 9.93. The maximum atomic E-state index is 2.44. The normalized spacial score (nSPS) is 11.9. The zero-order valence-electron chi connectivity index (χ0n) is 24.7. The molecule has 0 aliphatic carbocycles. The third-order valence-corrected chi connectivity index (χ3v) is 9.28. The Morgan fingerprint density at radius 1 is 0.419 bits per heavy atom. The van der Waals surface area contributed by atoms with Crippen LogP contribution in [-0.4, -0.2) is 9.13 Å². The highest BCUT2D eigenvalue weighted by Crippen LogP contribution is 2.37. The Hall–Kier alpha value is -5.08. The Morgan fingerprint density at radius 2 is 0.860 bits per heavy atom. The molecule has 0 bridgehead atoms. The Kier molecular flexibility index (Phi) is 6.15. The molecule has 8 aromatic rings. The molecule has 2 heterocycles. The summed E-state index contributed by atoms with van der Waals surface area (Å²) in [6.45, 7) is 4.59. The third-order valence-electron chi connectivity index (χ3n) is 9.28. The van der Waals surface area contributed by atoms with E-state index in [1.807, 2.05) is 0 Å². The van der Waals surface area contributed by atoms with E-state index in [1.165, 1.54) is 71.7 Å². The second-order valence-electron chi connectivity index (χ2n) is 11.6. The quantitative estimate of drug-likeness (QED) is 0.193. The van der Waals surface area contributed by atoms with Gasteiger partial charge in [0.05, 0.1) is 22.1 Å². The van der Waals surface area contributed by atoms with Crippen LogP contribution in [-0.2, 0) is 0 Å². The third kappa shape index (κ3) is 4.09. The van der Waals surface area contributed by atoms with Crippen LogP contribution >= 0.6 is 0 Å². The highest BCUT2D eigenvalue weighted by molar-refractivity contribution is 6.10. The lowest BCUT2D eigenvalue weighted by molar-refractivity contribution is 0.643. The first kappa shape index (κ1) is 25.6. The number of hydrogen-bond donors (Lipinski definition) is 0. The van der Waals surface area contributed by atoms with Gasteiger partial charge >= 0.3 is 0 Å². The van der Waals surface area contributed by atoms with Crippen molar-refractivity contribution in [1.29, 1.82) is 0 Å². The van der Waals surface area contributed by atoms with Crippen LogP contribution in [0.2, 0.25) is 0 Å². The topological polar surface area (TPSA) is 9.86 Å². The number of para-hydroxylation sites is 3. The van der Waals surface area contributed by atoms with Gasteiger partial charge in [0, 0.05) is 32.9 Å². The van der Waals surface area contributed by atoms with Gasteiger partial charge < -0.3 is 9.13 Å². The van der Waals surface area contributed by atoms with E-state index < -0.39 is 0 Å². The fourth-order valence-electron chi connectivity index (χ4n) is 7.13. The van der Waals surface area contributed by atoms with Gasteiger partial charge in [-0.2, -0.15) is 0 Å². The first-order chi connectivity index (χ1) is 21.2. The molecule has 0 saturated carbocycles. The summed E-state index contributed by atoms with van der Waals surface area (Å²) < 4.78 is 4.82. The summed E-state index contributed by atoms with van der Waals surface area (Å²) in [5.41, 5.74) is 11.2. The van der Waals surface area contributed by atoms with Crippen LogP contribution in [0.4, 0.5) is 0 Å². The highest BCUT2D eigenvalue weighted by Gasteiger charge is 2.16. The molecule has 2 heteroatoms. The zero-order valence-corrected chi connectivity index (χ0v) is 24.7. The number of rotatable bonds is 6. The van der Waals surface area contributed by atoms with Crippen LogP contribution in [0.25, 0.3) is 66.1 Å². The first-order valence-corrected chi connectivity index (χ1v) is 15.5. The molecule has 0 spiro atoms. The summed E-state index contributed by atoms with van der Waals surface area (Å²) >= 11 is 0. The van der Waals surface area contributed by atoms with Crippen LogP contribution in [0.3, 0.4) is 0 Å². The smallest absolute Gasteiger partial charge is 0.0541 e. The SMILES string of the molecule is CCC(CC)c1ccc2c(c1)c1ccccc1n2-c1cccc(-c2cccc(-n3c4ccccc4c4ccccc43)c2)c1. The summed E-state index contributed by atoms with van der Waals surface area (Å²) in [6, 6.07) is 51.3. The predicted octanol–water partition coefficient (Wildman–Crippen LogP) is 11.5. The van der Waals surface area contributed by atoms with Gasteiger partial charge in [0.1, 0.15) is 0 Å². The van der Waals surface area contributed by atoms with Gasteiger partial charge in [0.15, 0.2) is 0 Å². The van der Waals surface area contributed by atoms with Gasteiger partial charge in [-0.05, 0) is 90.0 Å². The van der Waals surface area contributed by atoms with Crippen molar-refractivity contribution in [2.45, 2.75) is 32.6 Å². The molecule has 0 N–H and O–H groups in total. The van der Waals surface area contributed by atoms with Gasteiger partial charge in [-0.25, -0.2) is 0 Å². The number of nitrogens with zero attached hydrogens (tertiary/aromatic N) is 2. The molecule has 2 aromatic heterocycles. The molecule has 0 atom stereocenters. The molecule has 0 saturated heterocycles. The summed E-state index contributed by atoms with van der Waals surface area (Å²) in [4.78, 5) is 0. The van der Waals surface area contributed by atoms with Crippen LogP contribution in [0.5, 0.6) is 0 Å². The molecule has 0 fully saturated rings. The van der Waals surface area contributed by atoms with Crippen molar-refractivity contribution < 1.29 is 0 Å². The Labute approximate surface area is 252 Å². The van der Waals surface area contributed by atoms with Gasteiger partial charge in [0.2, 0.25) is 0 Å². The van der Waals surface area contributed by atoms with E-state index >= 15 is 0 Å². The molecule has 208 valence electrons. The maximum absolute atomic E-state index is 2.44.